The number of hydrogen-bond acceptors (Lipinski definition) is 2. The fourth-order valence-electron chi connectivity index (χ4n) is 5.14. The van der Waals surface area contributed by atoms with Crippen LogP contribution in [0.5, 0.6) is 0 Å². The first kappa shape index (κ1) is 21.7. The number of benzene rings is 2. The third-order valence-electron chi connectivity index (χ3n) is 6.75. The summed E-state index contributed by atoms with van der Waals surface area (Å²) in [4.78, 5) is 9.84. The van der Waals surface area contributed by atoms with Crippen molar-refractivity contribution in [1.29, 1.82) is 0 Å². The van der Waals surface area contributed by atoms with Gasteiger partial charge in [-0.3, -0.25) is 4.99 Å². The number of nitrogens with zero attached hydrogens (tertiary/aromatic N) is 3. The van der Waals surface area contributed by atoms with Gasteiger partial charge in [0.2, 0.25) is 0 Å². The normalized spacial score (nSPS) is 22.6. The van der Waals surface area contributed by atoms with Gasteiger partial charge in [-0.25, -0.2) is 0 Å². The molecule has 0 bridgehead atoms. The molecule has 2 aliphatic rings. The molecule has 31 heavy (non-hydrogen) atoms. The van der Waals surface area contributed by atoms with Crippen LogP contribution in [-0.2, 0) is 10.8 Å². The molecule has 0 spiro atoms. The van der Waals surface area contributed by atoms with Crippen LogP contribution in [0.25, 0.3) is 0 Å². The minimum atomic E-state index is -0.0681. The van der Waals surface area contributed by atoms with Crippen LogP contribution in [0.1, 0.15) is 65.2 Å². The molecule has 2 aliphatic heterocycles. The van der Waals surface area contributed by atoms with Crippen molar-refractivity contribution in [1.82, 2.24) is 0 Å². The molecule has 3 nitrogen and oxygen atoms in total. The van der Waals surface area contributed by atoms with E-state index in [4.69, 9.17) is 4.99 Å². The van der Waals surface area contributed by atoms with Gasteiger partial charge in [0.1, 0.15) is 6.17 Å². The highest BCUT2D eigenvalue weighted by Crippen LogP contribution is 2.54. The van der Waals surface area contributed by atoms with E-state index in [1.165, 1.54) is 33.8 Å². The Morgan fingerprint density at radius 1 is 1.00 bits per heavy atom. The van der Waals surface area contributed by atoms with Gasteiger partial charge in [0.15, 0.2) is 5.84 Å². The van der Waals surface area contributed by atoms with E-state index in [2.05, 4.69) is 114 Å². The molecule has 0 aromatic heterocycles. The Morgan fingerprint density at radius 3 is 2.26 bits per heavy atom. The molecule has 1 fully saturated rings. The summed E-state index contributed by atoms with van der Waals surface area (Å²) in [5.74, 6) is 1.50. The summed E-state index contributed by atoms with van der Waals surface area (Å²) in [5, 5.41) is 0. The van der Waals surface area contributed by atoms with Crippen LogP contribution in [0, 0.1) is 12.8 Å². The maximum Gasteiger partial charge on any atom is 0.153 e. The molecule has 0 radical (unpaired) electrons. The zero-order valence-corrected chi connectivity index (χ0v) is 20.6. The number of anilines is 2. The topological polar surface area (TPSA) is 18.8 Å². The average Bonchev–Trinajstić information content (AvgIpc) is 3.12. The predicted octanol–water partition coefficient (Wildman–Crippen LogP) is 6.80. The van der Waals surface area contributed by atoms with Crippen LogP contribution in [0.3, 0.4) is 0 Å². The Hall–Kier alpha value is -2.55. The Morgan fingerprint density at radius 2 is 1.68 bits per heavy atom. The van der Waals surface area contributed by atoms with E-state index in [1.54, 1.807) is 0 Å². The molecule has 164 valence electrons. The summed E-state index contributed by atoms with van der Waals surface area (Å²) in [7, 11) is 1.92. The van der Waals surface area contributed by atoms with Crippen molar-refractivity contribution in [2.45, 2.75) is 72.4 Å². The molecule has 3 heteroatoms. The maximum absolute atomic E-state index is 4.83. The lowest BCUT2D eigenvalue weighted by molar-refractivity contribution is 0.451. The van der Waals surface area contributed by atoms with Crippen molar-refractivity contribution in [3.8, 4) is 0 Å². The number of aryl methyl sites for hydroxylation is 1. The van der Waals surface area contributed by atoms with Crippen LogP contribution in [0.4, 0.5) is 11.4 Å². The van der Waals surface area contributed by atoms with E-state index in [9.17, 15) is 0 Å². The van der Waals surface area contributed by atoms with Crippen LogP contribution >= 0.6 is 0 Å². The summed E-state index contributed by atoms with van der Waals surface area (Å²) in [6.45, 7) is 18.4. The van der Waals surface area contributed by atoms with Gasteiger partial charge >= 0.3 is 0 Å². The highest BCUT2D eigenvalue weighted by molar-refractivity contribution is 6.17. The molecule has 0 amide bonds. The quantitative estimate of drug-likeness (QED) is 0.537. The lowest BCUT2D eigenvalue weighted by Crippen LogP contribution is -2.48. The number of allylic oxidation sites excluding steroid dienone is 1. The molecule has 1 saturated heterocycles. The third-order valence-corrected chi connectivity index (χ3v) is 6.75. The second-order valence-corrected chi connectivity index (χ2v) is 10.9. The van der Waals surface area contributed by atoms with E-state index in [0.29, 0.717) is 5.92 Å². The van der Waals surface area contributed by atoms with Crippen molar-refractivity contribution in [3.05, 3.63) is 70.9 Å². The van der Waals surface area contributed by atoms with Crippen LogP contribution in [0.2, 0.25) is 0 Å². The third kappa shape index (κ3) is 3.30. The highest BCUT2D eigenvalue weighted by atomic mass is 15.5. The molecule has 0 N–H and O–H groups in total. The summed E-state index contributed by atoms with van der Waals surface area (Å²) in [5.41, 5.74) is 7.92. The lowest BCUT2D eigenvalue weighted by Gasteiger charge is -2.36. The van der Waals surface area contributed by atoms with Gasteiger partial charge in [-0.1, -0.05) is 84.9 Å². The van der Waals surface area contributed by atoms with Crippen molar-refractivity contribution < 1.29 is 0 Å². The zero-order chi connectivity index (χ0) is 22.7. The second-order valence-electron chi connectivity index (χ2n) is 10.9. The molecule has 0 aliphatic carbocycles. The van der Waals surface area contributed by atoms with Crippen LogP contribution in [-0.4, -0.2) is 19.0 Å². The first-order chi connectivity index (χ1) is 14.5. The molecule has 1 atom stereocenters. The van der Waals surface area contributed by atoms with Gasteiger partial charge in [-0.15, -0.1) is 0 Å². The Bertz CT molecular complexity index is 1070. The summed E-state index contributed by atoms with van der Waals surface area (Å²) in [6.07, 6.45) is 2.53. The number of para-hydroxylation sites is 1. The molecule has 2 heterocycles. The van der Waals surface area contributed by atoms with Gasteiger partial charge in [0, 0.05) is 23.8 Å². The molecular formula is C28H37N3. The van der Waals surface area contributed by atoms with E-state index < -0.39 is 0 Å². The summed E-state index contributed by atoms with van der Waals surface area (Å²) in [6, 6.07) is 15.8. The minimum Gasteiger partial charge on any atom is -0.316 e. The standard InChI is InChI=1S/C28H37N3/c1-18(2)16-24-25(29-9)31(22-13-11-10-12-19(22)3)26-28(7,8)21-17-20(27(4,5)6)14-15-23(21)30(24)26/h10-18,26H,1-9H3/b24-16+,29-25?. The van der Waals surface area contributed by atoms with E-state index in [0.717, 1.165) is 5.84 Å². The Kier molecular flexibility index (Phi) is 5.07. The Balaban J connectivity index is 2.00. The number of fused-ring (bicyclic) bond motifs is 3. The smallest absolute Gasteiger partial charge is 0.153 e. The summed E-state index contributed by atoms with van der Waals surface area (Å²) >= 11 is 0. The summed E-state index contributed by atoms with van der Waals surface area (Å²) < 4.78 is 0. The van der Waals surface area contributed by atoms with Gasteiger partial charge in [0.05, 0.1) is 5.70 Å². The van der Waals surface area contributed by atoms with E-state index >= 15 is 0 Å². The van der Waals surface area contributed by atoms with Crippen molar-refractivity contribution in [2.24, 2.45) is 10.9 Å². The molecular weight excluding hydrogens is 378 g/mol. The van der Waals surface area contributed by atoms with Crippen LogP contribution in [0.15, 0.2) is 59.2 Å². The SMILES string of the molecule is CN=C1/C(=C\C(C)C)N2c3ccc(C(C)(C)C)cc3C(C)(C)C2N1c1ccccc1C. The first-order valence-corrected chi connectivity index (χ1v) is 11.5. The fraction of sp³-hybridized carbons (Fsp3) is 0.464. The van der Waals surface area contributed by atoms with Crippen molar-refractivity contribution in [3.63, 3.8) is 0 Å². The van der Waals surface area contributed by atoms with E-state index in [1.807, 2.05) is 7.05 Å². The Labute approximate surface area is 188 Å². The van der Waals surface area contributed by atoms with Crippen molar-refractivity contribution >= 4 is 17.2 Å². The largest absolute Gasteiger partial charge is 0.316 e. The molecule has 2 aromatic rings. The lowest BCUT2D eigenvalue weighted by atomic mass is 9.79. The van der Waals surface area contributed by atoms with Gasteiger partial charge in [-0.2, -0.15) is 0 Å². The number of hydrogen-bond donors (Lipinski definition) is 0. The second kappa shape index (κ2) is 7.25. The zero-order valence-electron chi connectivity index (χ0n) is 20.6. The van der Waals surface area contributed by atoms with E-state index in [-0.39, 0.29) is 17.0 Å². The van der Waals surface area contributed by atoms with Gasteiger partial charge < -0.3 is 9.80 Å². The fourth-order valence-corrected chi connectivity index (χ4v) is 5.14. The highest BCUT2D eigenvalue weighted by Gasteiger charge is 2.55. The molecule has 0 saturated carbocycles. The monoisotopic (exact) mass is 415 g/mol. The minimum absolute atomic E-state index is 0.0681. The number of aliphatic imine (C=N–C) groups is 1. The molecule has 1 unspecified atom stereocenters. The predicted molar refractivity (Wildman–Crippen MR) is 134 cm³/mol. The number of rotatable bonds is 2. The van der Waals surface area contributed by atoms with Crippen LogP contribution < -0.4 is 9.80 Å². The molecule has 2 aromatic carbocycles. The number of amidine groups is 1. The first-order valence-electron chi connectivity index (χ1n) is 11.5. The maximum atomic E-state index is 4.83. The van der Waals surface area contributed by atoms with Gasteiger partial charge in [-0.05, 0) is 47.1 Å². The average molecular weight is 416 g/mol. The van der Waals surface area contributed by atoms with Gasteiger partial charge in [0.25, 0.3) is 0 Å². The molecule has 4 rings (SSSR count). The van der Waals surface area contributed by atoms with Crippen molar-refractivity contribution in [2.75, 3.05) is 16.8 Å².